The van der Waals surface area contributed by atoms with Crippen LogP contribution in [0.2, 0.25) is 0 Å². The van der Waals surface area contributed by atoms with Crippen molar-refractivity contribution in [2.75, 3.05) is 12.4 Å². The van der Waals surface area contributed by atoms with Crippen LogP contribution in [0.3, 0.4) is 0 Å². The van der Waals surface area contributed by atoms with E-state index in [1.165, 1.54) is 0 Å². The Labute approximate surface area is 143 Å². The van der Waals surface area contributed by atoms with E-state index in [-0.39, 0.29) is 17.7 Å². The lowest BCUT2D eigenvalue weighted by Crippen LogP contribution is -2.40. The molecular weight excluding hydrogens is 304 g/mol. The number of amides is 2. The molecule has 0 bridgehead atoms. The minimum Gasteiger partial charge on any atom is -0.379 e. The molecule has 130 valence electrons. The molecule has 0 aliphatic rings. The monoisotopic (exact) mass is 330 g/mol. The fraction of sp³-hybridized carbons (Fsp3) is 0.444. The molecule has 1 aromatic heterocycles. The largest absolute Gasteiger partial charge is 0.379 e. The van der Waals surface area contributed by atoms with Crippen LogP contribution in [-0.2, 0) is 11.8 Å². The summed E-state index contributed by atoms with van der Waals surface area (Å²) in [6.45, 7) is 5.96. The standard InChI is InChI=1S/C18H26N4O2/c1-13(12-18(2,3)24-5)20-17(23)21-15-8-6-7-14(11-15)16-19-9-10-22(16)4/h6-11,13H,12H2,1-5H3,(H2,20,21,23)/t13-/m1/s1. The van der Waals surface area contributed by atoms with Crippen molar-refractivity contribution >= 4 is 11.7 Å². The van der Waals surface area contributed by atoms with Crippen molar-refractivity contribution in [3.8, 4) is 11.4 Å². The number of benzene rings is 1. The maximum absolute atomic E-state index is 12.2. The van der Waals surface area contributed by atoms with Crippen LogP contribution in [0.1, 0.15) is 27.2 Å². The minimum atomic E-state index is -0.273. The molecule has 0 saturated carbocycles. The van der Waals surface area contributed by atoms with E-state index in [1.807, 2.05) is 62.8 Å². The number of carbonyl (C=O) groups excluding carboxylic acids is 1. The van der Waals surface area contributed by atoms with Crippen molar-refractivity contribution in [3.05, 3.63) is 36.7 Å². The second kappa shape index (κ2) is 7.49. The number of urea groups is 1. The number of nitrogens with one attached hydrogen (secondary N) is 2. The summed E-state index contributed by atoms with van der Waals surface area (Å²) in [4.78, 5) is 16.5. The van der Waals surface area contributed by atoms with Crippen LogP contribution >= 0.6 is 0 Å². The molecule has 0 unspecified atom stereocenters. The molecule has 0 aliphatic carbocycles. The Morgan fingerprint density at radius 1 is 1.42 bits per heavy atom. The second-order valence-corrected chi connectivity index (χ2v) is 6.61. The predicted octanol–water partition coefficient (Wildman–Crippen LogP) is 3.41. The molecule has 24 heavy (non-hydrogen) atoms. The van der Waals surface area contributed by atoms with Gasteiger partial charge in [0.1, 0.15) is 5.82 Å². The van der Waals surface area contributed by atoms with Crippen molar-refractivity contribution in [2.45, 2.75) is 38.8 Å². The average Bonchev–Trinajstić information content (AvgIpc) is 2.92. The van der Waals surface area contributed by atoms with Gasteiger partial charge in [-0.2, -0.15) is 0 Å². The molecule has 0 fully saturated rings. The third-order valence-electron chi connectivity index (χ3n) is 3.93. The number of imidazole rings is 1. The summed E-state index contributed by atoms with van der Waals surface area (Å²) in [5, 5.41) is 5.80. The Balaban J connectivity index is 1.99. The zero-order chi connectivity index (χ0) is 17.7. The van der Waals surface area contributed by atoms with Crippen LogP contribution in [0.4, 0.5) is 10.5 Å². The van der Waals surface area contributed by atoms with Gasteiger partial charge in [0.2, 0.25) is 0 Å². The first-order valence-corrected chi connectivity index (χ1v) is 8.01. The molecule has 6 heteroatoms. The maximum Gasteiger partial charge on any atom is 0.319 e. The number of hydrogen-bond donors (Lipinski definition) is 2. The molecule has 0 spiro atoms. The average molecular weight is 330 g/mol. The number of carbonyl (C=O) groups is 1. The van der Waals surface area contributed by atoms with Gasteiger partial charge in [-0.15, -0.1) is 0 Å². The predicted molar refractivity (Wildman–Crippen MR) is 96.0 cm³/mol. The van der Waals surface area contributed by atoms with Gasteiger partial charge in [-0.1, -0.05) is 12.1 Å². The maximum atomic E-state index is 12.2. The number of ether oxygens (including phenoxy) is 1. The third-order valence-corrected chi connectivity index (χ3v) is 3.93. The van der Waals surface area contributed by atoms with E-state index in [2.05, 4.69) is 15.6 Å². The number of hydrogen-bond acceptors (Lipinski definition) is 3. The Kier molecular flexibility index (Phi) is 5.62. The highest BCUT2D eigenvalue weighted by Crippen LogP contribution is 2.21. The molecule has 1 aromatic carbocycles. The van der Waals surface area contributed by atoms with Gasteiger partial charge in [0.25, 0.3) is 0 Å². The molecule has 2 amide bonds. The van der Waals surface area contributed by atoms with Crippen molar-refractivity contribution in [1.82, 2.24) is 14.9 Å². The topological polar surface area (TPSA) is 68.2 Å². The first-order chi connectivity index (χ1) is 11.3. The summed E-state index contributed by atoms with van der Waals surface area (Å²) in [6.07, 6.45) is 4.37. The van der Waals surface area contributed by atoms with E-state index < -0.39 is 0 Å². The molecule has 0 saturated heterocycles. The molecular formula is C18H26N4O2. The Hall–Kier alpha value is -2.34. The van der Waals surface area contributed by atoms with Crippen molar-refractivity contribution in [1.29, 1.82) is 0 Å². The highest BCUT2D eigenvalue weighted by Gasteiger charge is 2.21. The van der Waals surface area contributed by atoms with Gasteiger partial charge in [-0.25, -0.2) is 9.78 Å². The van der Waals surface area contributed by atoms with Crippen LogP contribution in [0, 0.1) is 0 Å². The first kappa shape index (κ1) is 18.0. The van der Waals surface area contributed by atoms with Crippen LogP contribution < -0.4 is 10.6 Å². The molecule has 1 atom stereocenters. The Morgan fingerprint density at radius 2 is 2.17 bits per heavy atom. The normalized spacial score (nSPS) is 12.7. The highest BCUT2D eigenvalue weighted by molar-refractivity contribution is 5.90. The molecule has 2 aromatic rings. The van der Waals surface area contributed by atoms with Crippen molar-refractivity contribution < 1.29 is 9.53 Å². The number of rotatable bonds is 6. The van der Waals surface area contributed by atoms with Crippen molar-refractivity contribution in [2.24, 2.45) is 7.05 Å². The lowest BCUT2D eigenvalue weighted by Gasteiger charge is -2.27. The van der Waals surface area contributed by atoms with Crippen LogP contribution in [0.25, 0.3) is 11.4 Å². The van der Waals surface area contributed by atoms with Gasteiger partial charge in [0.05, 0.1) is 5.60 Å². The van der Waals surface area contributed by atoms with Gasteiger partial charge in [-0.3, -0.25) is 0 Å². The summed E-state index contributed by atoms with van der Waals surface area (Å²) in [6, 6.07) is 7.40. The van der Waals surface area contributed by atoms with Gasteiger partial charge in [0.15, 0.2) is 0 Å². The lowest BCUT2D eigenvalue weighted by molar-refractivity contribution is 0.00963. The second-order valence-electron chi connectivity index (χ2n) is 6.61. The molecule has 1 heterocycles. The molecule has 6 nitrogen and oxygen atoms in total. The summed E-state index contributed by atoms with van der Waals surface area (Å²) >= 11 is 0. The van der Waals surface area contributed by atoms with Crippen LogP contribution in [0.15, 0.2) is 36.7 Å². The van der Waals surface area contributed by atoms with Gasteiger partial charge in [0, 0.05) is 43.8 Å². The number of methoxy groups -OCH3 is 1. The number of aryl methyl sites for hydroxylation is 1. The fourth-order valence-corrected chi connectivity index (χ4v) is 2.64. The number of aromatic nitrogens is 2. The van der Waals surface area contributed by atoms with Crippen LogP contribution in [-0.4, -0.2) is 34.3 Å². The lowest BCUT2D eigenvalue weighted by atomic mass is 10.00. The summed E-state index contributed by atoms with van der Waals surface area (Å²) in [5.41, 5.74) is 1.41. The molecule has 0 aliphatic heterocycles. The first-order valence-electron chi connectivity index (χ1n) is 8.01. The van der Waals surface area contributed by atoms with E-state index in [0.29, 0.717) is 0 Å². The molecule has 2 rings (SSSR count). The summed E-state index contributed by atoms with van der Waals surface area (Å²) in [7, 11) is 3.62. The van der Waals surface area contributed by atoms with Crippen molar-refractivity contribution in [3.63, 3.8) is 0 Å². The third kappa shape index (κ3) is 4.83. The highest BCUT2D eigenvalue weighted by atomic mass is 16.5. The van der Waals surface area contributed by atoms with Gasteiger partial charge >= 0.3 is 6.03 Å². The van der Waals surface area contributed by atoms with E-state index >= 15 is 0 Å². The fourth-order valence-electron chi connectivity index (χ4n) is 2.64. The molecule has 2 N–H and O–H groups in total. The number of anilines is 1. The van der Waals surface area contributed by atoms with Crippen LogP contribution in [0.5, 0.6) is 0 Å². The van der Waals surface area contributed by atoms with E-state index in [9.17, 15) is 4.79 Å². The van der Waals surface area contributed by atoms with Gasteiger partial charge in [-0.05, 0) is 39.3 Å². The smallest absolute Gasteiger partial charge is 0.319 e. The summed E-state index contributed by atoms with van der Waals surface area (Å²) < 4.78 is 7.33. The quantitative estimate of drug-likeness (QED) is 0.853. The van der Waals surface area contributed by atoms with E-state index in [0.717, 1.165) is 23.5 Å². The zero-order valence-electron chi connectivity index (χ0n) is 15.0. The Morgan fingerprint density at radius 3 is 2.79 bits per heavy atom. The summed E-state index contributed by atoms with van der Waals surface area (Å²) in [5.74, 6) is 0.856. The molecule has 0 radical (unpaired) electrons. The van der Waals surface area contributed by atoms with E-state index in [1.54, 1.807) is 13.3 Å². The Bertz CT molecular complexity index is 694. The van der Waals surface area contributed by atoms with E-state index in [4.69, 9.17) is 4.74 Å². The number of nitrogens with zero attached hydrogens (tertiary/aromatic N) is 2. The SMILES string of the molecule is COC(C)(C)C[C@@H](C)NC(=O)Nc1cccc(-c2nccn2C)c1. The zero-order valence-corrected chi connectivity index (χ0v) is 15.0. The van der Waals surface area contributed by atoms with Gasteiger partial charge < -0.3 is 19.9 Å². The minimum absolute atomic E-state index is 0.00215.